The molecule has 0 bridgehead atoms. The number of nitrogens with two attached hydrogens (primary N) is 1. The Balaban J connectivity index is 2.15. The maximum absolute atomic E-state index is 7.45. The standard InChI is InChI=1S/C11H13BrN2O/c12-8-3-4-10(9(5-8)11(13)14)15-6-7-1-2-7/h3-5,7H,1-2,6H2,(H3,13,14). The Morgan fingerprint density at radius 2 is 2.27 bits per heavy atom. The first-order chi connectivity index (χ1) is 7.16. The van der Waals surface area contributed by atoms with E-state index >= 15 is 0 Å². The fourth-order valence-electron chi connectivity index (χ4n) is 1.33. The summed E-state index contributed by atoms with van der Waals surface area (Å²) >= 11 is 3.35. The molecule has 0 saturated heterocycles. The van der Waals surface area contributed by atoms with Gasteiger partial charge in [0.15, 0.2) is 0 Å². The molecule has 3 N–H and O–H groups in total. The number of ether oxygens (including phenoxy) is 1. The van der Waals surface area contributed by atoms with Crippen LogP contribution in [0.25, 0.3) is 0 Å². The highest BCUT2D eigenvalue weighted by molar-refractivity contribution is 9.10. The Morgan fingerprint density at radius 3 is 2.87 bits per heavy atom. The van der Waals surface area contributed by atoms with Gasteiger partial charge in [-0.1, -0.05) is 15.9 Å². The van der Waals surface area contributed by atoms with Crippen LogP contribution in [0.1, 0.15) is 18.4 Å². The van der Waals surface area contributed by atoms with E-state index in [0.717, 1.165) is 11.1 Å². The van der Waals surface area contributed by atoms with Gasteiger partial charge in [-0.2, -0.15) is 0 Å². The summed E-state index contributed by atoms with van der Waals surface area (Å²) in [6.07, 6.45) is 2.51. The molecular formula is C11H13BrN2O. The highest BCUT2D eigenvalue weighted by Crippen LogP contribution is 2.31. The van der Waals surface area contributed by atoms with Gasteiger partial charge >= 0.3 is 0 Å². The zero-order chi connectivity index (χ0) is 10.8. The largest absolute Gasteiger partial charge is 0.493 e. The van der Waals surface area contributed by atoms with Gasteiger partial charge in [0.2, 0.25) is 0 Å². The molecule has 0 amide bonds. The van der Waals surface area contributed by atoms with Crippen LogP contribution < -0.4 is 10.5 Å². The van der Waals surface area contributed by atoms with Crippen LogP contribution >= 0.6 is 15.9 Å². The fourth-order valence-corrected chi connectivity index (χ4v) is 1.69. The molecule has 1 aromatic rings. The SMILES string of the molecule is N=C(N)c1cc(Br)ccc1OCC1CC1. The molecular weight excluding hydrogens is 256 g/mol. The molecule has 4 heteroatoms. The lowest BCUT2D eigenvalue weighted by molar-refractivity contribution is 0.299. The first kappa shape index (κ1) is 10.5. The molecule has 80 valence electrons. The van der Waals surface area contributed by atoms with Crippen molar-refractivity contribution in [2.45, 2.75) is 12.8 Å². The number of nitrogen functional groups attached to an aromatic ring is 1. The van der Waals surface area contributed by atoms with Crippen molar-refractivity contribution >= 4 is 21.8 Å². The molecule has 1 aliphatic rings. The van der Waals surface area contributed by atoms with Crippen LogP contribution in [0.3, 0.4) is 0 Å². The molecule has 1 aromatic carbocycles. The summed E-state index contributed by atoms with van der Waals surface area (Å²) < 4.78 is 6.54. The molecule has 3 nitrogen and oxygen atoms in total. The zero-order valence-electron chi connectivity index (χ0n) is 8.29. The first-order valence-corrected chi connectivity index (χ1v) is 5.73. The van der Waals surface area contributed by atoms with Crippen LogP contribution in [0.5, 0.6) is 5.75 Å². The van der Waals surface area contributed by atoms with E-state index in [1.54, 1.807) is 0 Å². The van der Waals surface area contributed by atoms with Crippen LogP contribution in [-0.2, 0) is 0 Å². The maximum atomic E-state index is 7.45. The van der Waals surface area contributed by atoms with Crippen molar-refractivity contribution in [1.29, 1.82) is 5.41 Å². The second-order valence-electron chi connectivity index (χ2n) is 3.81. The number of amidine groups is 1. The fraction of sp³-hybridized carbons (Fsp3) is 0.364. The normalized spacial score (nSPS) is 15.0. The number of hydrogen-bond donors (Lipinski definition) is 2. The highest BCUT2D eigenvalue weighted by Gasteiger charge is 2.22. The average Bonchev–Trinajstić information content (AvgIpc) is 2.99. The van der Waals surface area contributed by atoms with Gasteiger partial charge < -0.3 is 10.5 Å². The minimum atomic E-state index is 0.0436. The van der Waals surface area contributed by atoms with Crippen molar-refractivity contribution in [3.05, 3.63) is 28.2 Å². The molecule has 15 heavy (non-hydrogen) atoms. The third-order valence-electron chi connectivity index (χ3n) is 2.40. The van der Waals surface area contributed by atoms with Crippen molar-refractivity contribution < 1.29 is 4.74 Å². The number of rotatable bonds is 4. The van der Waals surface area contributed by atoms with E-state index in [9.17, 15) is 0 Å². The predicted molar refractivity (Wildman–Crippen MR) is 63.4 cm³/mol. The van der Waals surface area contributed by atoms with E-state index in [-0.39, 0.29) is 5.84 Å². The van der Waals surface area contributed by atoms with Crippen molar-refractivity contribution in [1.82, 2.24) is 0 Å². The Morgan fingerprint density at radius 1 is 1.53 bits per heavy atom. The molecule has 0 spiro atoms. The summed E-state index contributed by atoms with van der Waals surface area (Å²) in [6.45, 7) is 0.738. The van der Waals surface area contributed by atoms with Crippen LogP contribution in [0.4, 0.5) is 0 Å². The van der Waals surface area contributed by atoms with Crippen LogP contribution in [0, 0.1) is 11.3 Å². The van der Waals surface area contributed by atoms with Gasteiger partial charge in [0.25, 0.3) is 0 Å². The van der Waals surface area contributed by atoms with E-state index in [1.165, 1.54) is 12.8 Å². The molecule has 2 rings (SSSR count). The predicted octanol–water partition coefficient (Wildman–Crippen LogP) is 2.52. The lowest BCUT2D eigenvalue weighted by Crippen LogP contribution is -2.13. The smallest absolute Gasteiger partial charge is 0.130 e. The summed E-state index contributed by atoms with van der Waals surface area (Å²) in [5.41, 5.74) is 6.15. The van der Waals surface area contributed by atoms with Crippen molar-refractivity contribution in [2.24, 2.45) is 11.7 Å². The van der Waals surface area contributed by atoms with Crippen molar-refractivity contribution in [3.8, 4) is 5.75 Å². The van der Waals surface area contributed by atoms with Gasteiger partial charge in [-0.25, -0.2) is 0 Å². The molecule has 1 saturated carbocycles. The van der Waals surface area contributed by atoms with Crippen LogP contribution in [0.15, 0.2) is 22.7 Å². The number of benzene rings is 1. The molecule has 0 unspecified atom stereocenters. The van der Waals surface area contributed by atoms with Gasteiger partial charge in [-0.05, 0) is 37.0 Å². The third-order valence-corrected chi connectivity index (χ3v) is 2.90. The van der Waals surface area contributed by atoms with E-state index < -0.39 is 0 Å². The molecule has 1 fully saturated rings. The van der Waals surface area contributed by atoms with E-state index in [4.69, 9.17) is 15.9 Å². The summed E-state index contributed by atoms with van der Waals surface area (Å²) in [5, 5.41) is 7.45. The summed E-state index contributed by atoms with van der Waals surface area (Å²) in [6, 6.07) is 5.56. The Bertz CT molecular complexity index is 388. The van der Waals surface area contributed by atoms with Crippen LogP contribution in [-0.4, -0.2) is 12.4 Å². The monoisotopic (exact) mass is 268 g/mol. The topological polar surface area (TPSA) is 59.1 Å². The van der Waals surface area contributed by atoms with E-state index in [2.05, 4.69) is 15.9 Å². The van der Waals surface area contributed by atoms with E-state index in [1.807, 2.05) is 18.2 Å². The quantitative estimate of drug-likeness (QED) is 0.651. The number of hydrogen-bond acceptors (Lipinski definition) is 2. The highest BCUT2D eigenvalue weighted by atomic mass is 79.9. The first-order valence-electron chi connectivity index (χ1n) is 4.93. The maximum Gasteiger partial charge on any atom is 0.130 e. The summed E-state index contributed by atoms with van der Waals surface area (Å²) in [4.78, 5) is 0. The van der Waals surface area contributed by atoms with Crippen LogP contribution in [0.2, 0.25) is 0 Å². The minimum absolute atomic E-state index is 0.0436. The summed E-state index contributed by atoms with van der Waals surface area (Å²) in [5.74, 6) is 1.45. The average molecular weight is 269 g/mol. The van der Waals surface area contributed by atoms with Gasteiger partial charge in [-0.15, -0.1) is 0 Å². The van der Waals surface area contributed by atoms with E-state index in [0.29, 0.717) is 17.2 Å². The summed E-state index contributed by atoms with van der Waals surface area (Å²) in [7, 11) is 0. The molecule has 0 aromatic heterocycles. The lowest BCUT2D eigenvalue weighted by Gasteiger charge is -2.10. The Hall–Kier alpha value is -1.03. The minimum Gasteiger partial charge on any atom is -0.493 e. The second-order valence-corrected chi connectivity index (χ2v) is 4.72. The zero-order valence-corrected chi connectivity index (χ0v) is 9.88. The van der Waals surface area contributed by atoms with Crippen molar-refractivity contribution in [2.75, 3.05) is 6.61 Å². The van der Waals surface area contributed by atoms with Gasteiger partial charge in [0.1, 0.15) is 11.6 Å². The molecule has 0 atom stereocenters. The van der Waals surface area contributed by atoms with Crippen molar-refractivity contribution in [3.63, 3.8) is 0 Å². The molecule has 0 heterocycles. The van der Waals surface area contributed by atoms with Gasteiger partial charge in [0.05, 0.1) is 12.2 Å². The molecule has 0 aliphatic heterocycles. The second kappa shape index (κ2) is 4.23. The van der Waals surface area contributed by atoms with Gasteiger partial charge in [0, 0.05) is 4.47 Å². The Labute approximate surface area is 97.3 Å². The third kappa shape index (κ3) is 2.72. The number of nitrogens with one attached hydrogen (secondary N) is 1. The lowest BCUT2D eigenvalue weighted by atomic mass is 10.2. The van der Waals surface area contributed by atoms with Gasteiger partial charge in [-0.3, -0.25) is 5.41 Å². The Kier molecular flexibility index (Phi) is 2.95. The number of halogens is 1. The molecule has 1 aliphatic carbocycles. The molecule has 0 radical (unpaired) electrons.